The number of carbonyl (C=O) groups is 2. The zero-order chi connectivity index (χ0) is 15.1. The first-order valence-corrected chi connectivity index (χ1v) is 5.42. The molecule has 2 aromatic carbocycles. The smallest absolute Gasteiger partial charge is 0.872 e. The SMILES string of the molecule is O.O=C(O)c1ccccc1[O-].O=C(O)c1ccccc1[O-].[Bi+2]. The average Bonchev–Trinajstić information content (AvgIpc) is 2.40. The fraction of sp³-hybridized carbons (Fsp3) is 0. The Kier molecular flexibility index (Phi) is 10.6. The molecule has 0 atom stereocenters. The van der Waals surface area contributed by atoms with Crippen LogP contribution < -0.4 is 10.2 Å². The number of benzene rings is 2. The third-order valence-electron chi connectivity index (χ3n) is 2.23. The van der Waals surface area contributed by atoms with Gasteiger partial charge in [0, 0.05) is 0 Å². The summed E-state index contributed by atoms with van der Waals surface area (Å²) in [6, 6.07) is 11.1. The molecule has 4 N–H and O–H groups in total. The maximum absolute atomic E-state index is 10.7. The van der Waals surface area contributed by atoms with E-state index in [0.717, 1.165) is 0 Å². The summed E-state index contributed by atoms with van der Waals surface area (Å²) < 4.78 is 0. The molecule has 115 valence electrons. The molecular formula is C14H12BiO7. The summed E-state index contributed by atoms with van der Waals surface area (Å²) in [4.78, 5) is 20.4. The predicted octanol–water partition coefficient (Wildman–Crippen LogP) is -0.289. The summed E-state index contributed by atoms with van der Waals surface area (Å²) in [5.41, 5.74) is -0.356. The summed E-state index contributed by atoms with van der Waals surface area (Å²) >= 11 is 0. The van der Waals surface area contributed by atoms with Gasteiger partial charge in [0.1, 0.15) is 0 Å². The van der Waals surface area contributed by atoms with Crippen molar-refractivity contribution in [3.05, 3.63) is 59.7 Å². The molecule has 7 nitrogen and oxygen atoms in total. The number of aromatic carboxylic acids is 2. The molecule has 0 amide bonds. The van der Waals surface area contributed by atoms with Gasteiger partial charge >= 0.3 is 38.1 Å². The zero-order valence-corrected chi connectivity index (χ0v) is 14.6. The van der Waals surface area contributed by atoms with Crippen molar-refractivity contribution in [1.82, 2.24) is 0 Å². The molecule has 0 spiro atoms. The number of para-hydroxylation sites is 2. The number of carboxylic acids is 2. The average molecular weight is 501 g/mol. The Balaban J connectivity index is 0. The molecular weight excluding hydrogens is 489 g/mol. The van der Waals surface area contributed by atoms with Crippen LogP contribution in [0.3, 0.4) is 0 Å². The number of hydrogen-bond acceptors (Lipinski definition) is 4. The van der Waals surface area contributed by atoms with Crippen LogP contribution in [0.2, 0.25) is 0 Å². The Morgan fingerprint density at radius 1 is 0.727 bits per heavy atom. The van der Waals surface area contributed by atoms with Gasteiger partial charge in [-0.15, -0.1) is 0 Å². The monoisotopic (exact) mass is 501 g/mol. The Hall–Kier alpha value is -2.18. The van der Waals surface area contributed by atoms with Gasteiger partial charge in [0.15, 0.2) is 0 Å². The van der Waals surface area contributed by atoms with Crippen molar-refractivity contribution in [3.63, 3.8) is 0 Å². The third-order valence-corrected chi connectivity index (χ3v) is 2.23. The second-order valence-corrected chi connectivity index (χ2v) is 3.60. The van der Waals surface area contributed by atoms with Crippen molar-refractivity contribution in [3.8, 4) is 11.5 Å². The van der Waals surface area contributed by atoms with Crippen molar-refractivity contribution in [2.24, 2.45) is 0 Å². The fourth-order valence-corrected chi connectivity index (χ4v) is 1.29. The largest absolute Gasteiger partial charge is 2.00 e. The molecule has 0 aliphatic heterocycles. The van der Waals surface area contributed by atoms with Crippen LogP contribution >= 0.6 is 0 Å². The van der Waals surface area contributed by atoms with Crippen LogP contribution in [0, 0.1) is 0 Å². The van der Waals surface area contributed by atoms with E-state index in [9.17, 15) is 19.8 Å². The van der Waals surface area contributed by atoms with Gasteiger partial charge in [-0.3, -0.25) is 0 Å². The van der Waals surface area contributed by atoms with Gasteiger partial charge in [-0.05, 0) is 12.1 Å². The first kappa shape index (κ1) is 22.1. The van der Waals surface area contributed by atoms with E-state index in [4.69, 9.17) is 10.2 Å². The first-order valence-electron chi connectivity index (χ1n) is 5.42. The van der Waals surface area contributed by atoms with Gasteiger partial charge in [0.2, 0.25) is 0 Å². The van der Waals surface area contributed by atoms with Crippen LogP contribution in [0.1, 0.15) is 20.7 Å². The molecule has 0 bridgehead atoms. The van der Waals surface area contributed by atoms with Crippen LogP contribution in [0.5, 0.6) is 11.5 Å². The normalized spacial score (nSPS) is 8.36. The Morgan fingerprint density at radius 3 is 1.18 bits per heavy atom. The number of carboxylic acid groups (broad SMARTS) is 2. The van der Waals surface area contributed by atoms with Gasteiger partial charge in [-0.1, -0.05) is 47.9 Å². The number of hydrogen-bond donors (Lipinski definition) is 2. The molecule has 2 aromatic rings. The third kappa shape index (κ3) is 6.52. The van der Waals surface area contributed by atoms with Crippen molar-refractivity contribution in [1.29, 1.82) is 0 Å². The molecule has 0 fully saturated rings. The summed E-state index contributed by atoms with van der Waals surface area (Å²) in [5.74, 6) is -3.25. The summed E-state index contributed by atoms with van der Waals surface area (Å²) in [5, 5.41) is 38.1. The van der Waals surface area contributed by atoms with E-state index in [1.54, 1.807) is 0 Å². The van der Waals surface area contributed by atoms with E-state index in [1.807, 2.05) is 0 Å². The van der Waals surface area contributed by atoms with Gasteiger partial charge in [0.05, 0.1) is 11.1 Å². The van der Waals surface area contributed by atoms with Crippen LogP contribution in [-0.4, -0.2) is 53.8 Å². The number of rotatable bonds is 2. The second kappa shape index (κ2) is 10.5. The van der Waals surface area contributed by atoms with Crippen molar-refractivity contribution < 1.29 is 35.5 Å². The summed E-state index contributed by atoms with van der Waals surface area (Å²) in [6.07, 6.45) is 0. The minimum Gasteiger partial charge on any atom is -0.872 e. The quantitative estimate of drug-likeness (QED) is 0.540. The van der Waals surface area contributed by atoms with Gasteiger partial charge < -0.3 is 25.9 Å². The molecule has 0 heterocycles. The molecule has 22 heavy (non-hydrogen) atoms. The Morgan fingerprint density at radius 2 is 1.00 bits per heavy atom. The van der Waals surface area contributed by atoms with Gasteiger partial charge in [-0.2, -0.15) is 0 Å². The van der Waals surface area contributed by atoms with Crippen molar-refractivity contribution in [2.45, 2.75) is 0 Å². The minimum absolute atomic E-state index is 0. The summed E-state index contributed by atoms with van der Waals surface area (Å²) in [6.45, 7) is 0. The molecule has 0 aliphatic carbocycles. The molecule has 0 saturated heterocycles. The Labute approximate surface area is 144 Å². The van der Waals surface area contributed by atoms with Crippen molar-refractivity contribution >= 4 is 38.1 Å². The standard InChI is InChI=1S/2C7H6O3.Bi.H2O/c2*8-6-4-2-1-3-5(6)7(9)10;;/h2*1-4,8H,(H,9,10);;1H2/q;;+2;/p-2. The van der Waals surface area contributed by atoms with Crippen molar-refractivity contribution in [2.75, 3.05) is 0 Å². The molecule has 0 aromatic heterocycles. The van der Waals surface area contributed by atoms with Crippen LogP contribution in [-0.2, 0) is 0 Å². The van der Waals surface area contributed by atoms with Crippen LogP contribution in [0.25, 0.3) is 0 Å². The first-order chi connectivity index (χ1) is 9.43. The molecule has 2 rings (SSSR count). The van der Waals surface area contributed by atoms with E-state index < -0.39 is 23.4 Å². The molecule has 0 unspecified atom stereocenters. The van der Waals surface area contributed by atoms with Crippen LogP contribution in [0.4, 0.5) is 0 Å². The molecule has 0 saturated carbocycles. The van der Waals surface area contributed by atoms with Crippen LogP contribution in [0.15, 0.2) is 48.5 Å². The molecule has 0 aliphatic rings. The molecule has 3 radical (unpaired) electrons. The maximum atomic E-state index is 10.7. The second-order valence-electron chi connectivity index (χ2n) is 3.60. The maximum Gasteiger partial charge on any atom is 2.00 e. The van der Waals surface area contributed by atoms with Gasteiger partial charge in [0.25, 0.3) is 0 Å². The van der Waals surface area contributed by atoms with E-state index >= 15 is 0 Å². The zero-order valence-electron chi connectivity index (χ0n) is 11.1. The predicted molar refractivity (Wildman–Crippen MR) is 75.1 cm³/mol. The van der Waals surface area contributed by atoms with Gasteiger partial charge in [-0.25, -0.2) is 9.59 Å². The van der Waals surface area contributed by atoms with E-state index in [-0.39, 0.29) is 42.8 Å². The summed E-state index contributed by atoms with van der Waals surface area (Å²) in [7, 11) is 0. The van der Waals surface area contributed by atoms with E-state index in [2.05, 4.69) is 0 Å². The molecule has 8 heteroatoms. The van der Waals surface area contributed by atoms with E-state index in [1.165, 1.54) is 48.5 Å². The van der Waals surface area contributed by atoms with E-state index in [0.29, 0.717) is 0 Å². The Bertz CT molecular complexity index is 573. The minimum atomic E-state index is -1.18. The fourth-order valence-electron chi connectivity index (χ4n) is 1.29. The topological polar surface area (TPSA) is 152 Å².